The fourth-order valence-electron chi connectivity index (χ4n) is 4.36. The molecule has 9 heteroatoms. The zero-order chi connectivity index (χ0) is 26.7. The molecule has 192 valence electrons. The lowest BCUT2D eigenvalue weighted by molar-refractivity contribution is -0.119. The third kappa shape index (κ3) is 5.61. The Morgan fingerprint density at radius 2 is 1.54 bits per heavy atom. The number of nitrogens with zero attached hydrogens (tertiary/aromatic N) is 1. The third-order valence-corrected chi connectivity index (χ3v) is 6.41. The monoisotopic (exact) mass is 507 g/mol. The van der Waals surface area contributed by atoms with Crippen molar-refractivity contribution in [3.63, 3.8) is 0 Å². The first kappa shape index (κ1) is 25.8. The van der Waals surface area contributed by atoms with Crippen LogP contribution >= 0.6 is 0 Å². The highest BCUT2D eigenvalue weighted by Crippen LogP contribution is 2.30. The van der Waals surface area contributed by atoms with E-state index in [1.165, 1.54) is 29.2 Å². The van der Waals surface area contributed by atoms with Gasteiger partial charge in [0, 0.05) is 17.9 Å². The van der Waals surface area contributed by atoms with E-state index in [9.17, 15) is 23.2 Å². The number of benzene rings is 3. The summed E-state index contributed by atoms with van der Waals surface area (Å²) in [5, 5.41) is 14.7. The molecule has 1 aliphatic rings. The molecule has 0 unspecified atom stereocenters. The zero-order valence-corrected chi connectivity index (χ0v) is 20.4. The second-order valence-electron chi connectivity index (χ2n) is 9.21. The SMILES string of the molecule is CC(C)c1ccc(NC(=O)N2CCC[C@@H]2C(=O)Nc2ccc(-c3c(F)ccc(C(=O)O)c3F)cc2)cc1. The lowest BCUT2D eigenvalue weighted by Gasteiger charge is -2.24. The molecule has 1 atom stereocenters. The summed E-state index contributed by atoms with van der Waals surface area (Å²) in [5.74, 6) is -3.57. The van der Waals surface area contributed by atoms with Gasteiger partial charge in [0.1, 0.15) is 17.7 Å². The smallest absolute Gasteiger partial charge is 0.338 e. The molecule has 3 aromatic carbocycles. The number of nitrogens with one attached hydrogen (secondary N) is 2. The molecule has 1 fully saturated rings. The van der Waals surface area contributed by atoms with Gasteiger partial charge in [-0.25, -0.2) is 18.4 Å². The Hall–Kier alpha value is -4.27. The Morgan fingerprint density at radius 1 is 0.919 bits per heavy atom. The first-order chi connectivity index (χ1) is 17.7. The lowest BCUT2D eigenvalue weighted by atomic mass is 10.0. The predicted octanol–water partition coefficient (Wildman–Crippen LogP) is 6.09. The normalized spacial score (nSPS) is 15.1. The number of likely N-dealkylation sites (tertiary alicyclic amines) is 1. The van der Waals surface area contributed by atoms with Gasteiger partial charge in [-0.1, -0.05) is 38.1 Å². The largest absolute Gasteiger partial charge is 0.478 e. The van der Waals surface area contributed by atoms with E-state index in [2.05, 4.69) is 24.5 Å². The van der Waals surface area contributed by atoms with Crippen LogP contribution in [0.3, 0.4) is 0 Å². The van der Waals surface area contributed by atoms with Crippen LogP contribution in [0.15, 0.2) is 60.7 Å². The number of halogens is 2. The maximum atomic E-state index is 14.6. The Kier molecular flexibility index (Phi) is 7.52. The third-order valence-electron chi connectivity index (χ3n) is 6.41. The summed E-state index contributed by atoms with van der Waals surface area (Å²) in [7, 11) is 0. The number of carbonyl (C=O) groups is 3. The highest BCUT2D eigenvalue weighted by Gasteiger charge is 2.34. The van der Waals surface area contributed by atoms with Crippen molar-refractivity contribution >= 4 is 29.3 Å². The number of aromatic carboxylic acids is 1. The minimum absolute atomic E-state index is 0.126. The molecule has 1 saturated heterocycles. The number of carboxylic acids is 1. The van der Waals surface area contributed by atoms with Crippen molar-refractivity contribution in [3.8, 4) is 11.1 Å². The van der Waals surface area contributed by atoms with Gasteiger partial charge in [0.2, 0.25) is 5.91 Å². The van der Waals surface area contributed by atoms with Crippen LogP contribution in [0.5, 0.6) is 0 Å². The fraction of sp³-hybridized carbons (Fsp3) is 0.250. The highest BCUT2D eigenvalue weighted by molar-refractivity contribution is 5.99. The van der Waals surface area contributed by atoms with Gasteiger partial charge < -0.3 is 20.6 Å². The van der Waals surface area contributed by atoms with Gasteiger partial charge in [0.25, 0.3) is 0 Å². The molecule has 7 nitrogen and oxygen atoms in total. The second-order valence-corrected chi connectivity index (χ2v) is 9.21. The minimum atomic E-state index is -1.50. The maximum Gasteiger partial charge on any atom is 0.338 e. The summed E-state index contributed by atoms with van der Waals surface area (Å²) in [6.07, 6.45) is 1.18. The summed E-state index contributed by atoms with van der Waals surface area (Å²) >= 11 is 0. The molecule has 1 aliphatic heterocycles. The summed E-state index contributed by atoms with van der Waals surface area (Å²) in [6, 6.07) is 14.0. The minimum Gasteiger partial charge on any atom is -0.478 e. The van der Waals surface area contributed by atoms with Crippen molar-refractivity contribution in [1.29, 1.82) is 0 Å². The average molecular weight is 508 g/mol. The standard InChI is InChI=1S/C28H27F2N3O4/c1-16(2)17-5-9-20(10-6-17)32-28(37)33-15-3-4-23(33)26(34)31-19-11-7-18(8-12-19)24-22(29)14-13-21(25(24)30)27(35)36/h5-14,16,23H,3-4,15H2,1-2H3,(H,31,34)(H,32,37)(H,35,36)/t23-/m1/s1. The van der Waals surface area contributed by atoms with Crippen molar-refractivity contribution in [2.24, 2.45) is 0 Å². The van der Waals surface area contributed by atoms with Crippen molar-refractivity contribution < 1.29 is 28.3 Å². The molecule has 0 aliphatic carbocycles. The molecule has 0 spiro atoms. The zero-order valence-electron chi connectivity index (χ0n) is 20.4. The van der Waals surface area contributed by atoms with Gasteiger partial charge in [0.05, 0.1) is 11.1 Å². The van der Waals surface area contributed by atoms with Crippen LogP contribution in [-0.4, -0.2) is 40.5 Å². The van der Waals surface area contributed by atoms with E-state index >= 15 is 0 Å². The van der Waals surface area contributed by atoms with Gasteiger partial charge in [-0.05, 0) is 66.3 Å². The summed E-state index contributed by atoms with van der Waals surface area (Å²) < 4.78 is 28.9. The van der Waals surface area contributed by atoms with Crippen LogP contribution in [0.25, 0.3) is 11.1 Å². The van der Waals surface area contributed by atoms with Crippen LogP contribution < -0.4 is 10.6 Å². The molecular formula is C28H27F2N3O4. The Balaban J connectivity index is 1.43. The van der Waals surface area contributed by atoms with Crippen LogP contribution in [0, 0.1) is 11.6 Å². The van der Waals surface area contributed by atoms with Crippen molar-refractivity contribution in [3.05, 3.63) is 83.4 Å². The maximum absolute atomic E-state index is 14.6. The summed E-state index contributed by atoms with van der Waals surface area (Å²) in [6.45, 7) is 4.61. The van der Waals surface area contributed by atoms with E-state index < -0.39 is 34.8 Å². The van der Waals surface area contributed by atoms with Gasteiger partial charge in [-0.2, -0.15) is 0 Å². The number of hydrogen-bond donors (Lipinski definition) is 3. The van der Waals surface area contributed by atoms with Crippen molar-refractivity contribution in [1.82, 2.24) is 4.90 Å². The number of carboxylic acid groups (broad SMARTS) is 1. The predicted molar refractivity (Wildman–Crippen MR) is 137 cm³/mol. The highest BCUT2D eigenvalue weighted by atomic mass is 19.1. The molecule has 0 radical (unpaired) electrons. The second kappa shape index (κ2) is 10.8. The molecule has 4 rings (SSSR count). The van der Waals surface area contributed by atoms with Crippen LogP contribution in [-0.2, 0) is 4.79 Å². The topological polar surface area (TPSA) is 98.7 Å². The van der Waals surface area contributed by atoms with Crippen molar-refractivity contribution in [2.45, 2.75) is 38.6 Å². The fourth-order valence-corrected chi connectivity index (χ4v) is 4.36. The molecule has 3 N–H and O–H groups in total. The number of urea groups is 1. The number of amides is 3. The molecule has 3 amide bonds. The molecule has 37 heavy (non-hydrogen) atoms. The molecule has 1 heterocycles. The summed E-state index contributed by atoms with van der Waals surface area (Å²) in [4.78, 5) is 38.5. The molecule has 0 bridgehead atoms. The van der Waals surface area contributed by atoms with Gasteiger partial charge in [0.15, 0.2) is 0 Å². The average Bonchev–Trinajstić information content (AvgIpc) is 3.36. The molecule has 0 saturated carbocycles. The lowest BCUT2D eigenvalue weighted by Crippen LogP contribution is -2.45. The van der Waals surface area contributed by atoms with Crippen molar-refractivity contribution in [2.75, 3.05) is 17.2 Å². The van der Waals surface area contributed by atoms with E-state index in [4.69, 9.17) is 5.11 Å². The Labute approximate surface area is 213 Å². The number of anilines is 2. The van der Waals surface area contributed by atoms with E-state index in [1.807, 2.05) is 24.3 Å². The van der Waals surface area contributed by atoms with Crippen LogP contribution in [0.1, 0.15) is 48.5 Å². The van der Waals surface area contributed by atoms with Gasteiger partial charge in [-0.15, -0.1) is 0 Å². The quantitative estimate of drug-likeness (QED) is 0.376. The van der Waals surface area contributed by atoms with E-state index in [0.29, 0.717) is 36.7 Å². The van der Waals surface area contributed by atoms with Crippen LogP contribution in [0.2, 0.25) is 0 Å². The van der Waals surface area contributed by atoms with E-state index in [0.717, 1.165) is 17.7 Å². The number of carbonyl (C=O) groups excluding carboxylic acids is 2. The Bertz CT molecular complexity index is 1320. The molecular weight excluding hydrogens is 480 g/mol. The van der Waals surface area contributed by atoms with Gasteiger partial charge in [-0.3, -0.25) is 4.79 Å². The Morgan fingerprint density at radius 3 is 2.16 bits per heavy atom. The van der Waals surface area contributed by atoms with E-state index in [1.54, 1.807) is 0 Å². The summed E-state index contributed by atoms with van der Waals surface area (Å²) in [5.41, 5.74) is 1.20. The number of rotatable bonds is 6. The first-order valence-corrected chi connectivity index (χ1v) is 12.0. The van der Waals surface area contributed by atoms with E-state index in [-0.39, 0.29) is 17.5 Å². The van der Waals surface area contributed by atoms with Gasteiger partial charge >= 0.3 is 12.0 Å². The van der Waals surface area contributed by atoms with Crippen LogP contribution in [0.4, 0.5) is 25.0 Å². The molecule has 3 aromatic rings. The number of hydrogen-bond acceptors (Lipinski definition) is 3. The molecule has 0 aromatic heterocycles. The first-order valence-electron chi connectivity index (χ1n) is 12.0.